The van der Waals surface area contributed by atoms with Crippen molar-refractivity contribution in [2.45, 2.75) is 32.9 Å². The Bertz CT molecular complexity index is 498. The largest absolute Gasteiger partial charge is 0.484 e. The molecule has 0 saturated carbocycles. The van der Waals surface area contributed by atoms with Crippen LogP contribution >= 0.6 is 24.0 Å². The molecule has 0 aliphatic rings. The maximum Gasteiger partial charge on any atom is 0.255 e. The number of rotatable bonds is 5. The summed E-state index contributed by atoms with van der Waals surface area (Å²) in [6, 6.07) is 7.29. The Kier molecular flexibility index (Phi) is 8.08. The number of hydrogen-bond donors (Lipinski definition) is 3. The van der Waals surface area contributed by atoms with E-state index in [1.54, 1.807) is 12.1 Å². The van der Waals surface area contributed by atoms with Crippen LogP contribution in [0.15, 0.2) is 29.3 Å². The zero-order chi connectivity index (χ0) is 15.2. The molecule has 1 aromatic carbocycles. The van der Waals surface area contributed by atoms with Crippen molar-refractivity contribution < 1.29 is 9.53 Å². The molecule has 1 rings (SSSR count). The summed E-state index contributed by atoms with van der Waals surface area (Å²) < 4.78 is 5.23. The van der Waals surface area contributed by atoms with Gasteiger partial charge in [-0.3, -0.25) is 4.79 Å². The highest BCUT2D eigenvalue weighted by molar-refractivity contribution is 14.0. The molecule has 21 heavy (non-hydrogen) atoms. The standard InChI is InChI=1S/C14H22N4O2.HI/c1-14(2,3)18-13(16)17-8-10-5-4-6-11(7-10)20-9-12(15)19;/h4-7H,8-9H2,1-3H3,(H2,15,19)(H3,16,17,18);1H. The van der Waals surface area contributed by atoms with E-state index in [2.05, 4.69) is 10.3 Å². The van der Waals surface area contributed by atoms with Gasteiger partial charge in [-0.2, -0.15) is 0 Å². The van der Waals surface area contributed by atoms with Gasteiger partial charge in [0, 0.05) is 5.54 Å². The minimum absolute atomic E-state index is 0. The van der Waals surface area contributed by atoms with Crippen molar-refractivity contribution in [3.63, 3.8) is 0 Å². The lowest BCUT2D eigenvalue weighted by Crippen LogP contribution is -2.44. The Morgan fingerprint density at radius 1 is 1.33 bits per heavy atom. The highest BCUT2D eigenvalue weighted by atomic mass is 127. The van der Waals surface area contributed by atoms with Crippen LogP contribution in [-0.2, 0) is 11.3 Å². The van der Waals surface area contributed by atoms with E-state index >= 15 is 0 Å². The molecule has 5 N–H and O–H groups in total. The third-order valence-corrected chi connectivity index (χ3v) is 2.21. The third-order valence-electron chi connectivity index (χ3n) is 2.21. The number of nitrogens with two attached hydrogens (primary N) is 2. The molecule has 0 spiro atoms. The van der Waals surface area contributed by atoms with Crippen molar-refractivity contribution in [2.75, 3.05) is 6.61 Å². The third kappa shape index (κ3) is 9.11. The Morgan fingerprint density at radius 3 is 2.57 bits per heavy atom. The summed E-state index contributed by atoms with van der Waals surface area (Å²) in [5.74, 6) is 0.465. The monoisotopic (exact) mass is 406 g/mol. The second-order valence-electron chi connectivity index (χ2n) is 5.48. The van der Waals surface area contributed by atoms with Crippen LogP contribution in [0.4, 0.5) is 0 Å². The Balaban J connectivity index is 0.00000400. The summed E-state index contributed by atoms with van der Waals surface area (Å²) in [5, 5.41) is 3.08. The molecule has 0 unspecified atom stereocenters. The first-order valence-corrected chi connectivity index (χ1v) is 6.34. The van der Waals surface area contributed by atoms with Gasteiger partial charge in [0.1, 0.15) is 5.75 Å². The average molecular weight is 406 g/mol. The molecule has 0 heterocycles. The first-order chi connectivity index (χ1) is 9.26. The summed E-state index contributed by atoms with van der Waals surface area (Å²) >= 11 is 0. The summed E-state index contributed by atoms with van der Waals surface area (Å²) in [4.78, 5) is 14.9. The zero-order valence-electron chi connectivity index (χ0n) is 12.6. The van der Waals surface area contributed by atoms with E-state index < -0.39 is 5.91 Å². The Labute approximate surface area is 142 Å². The Morgan fingerprint density at radius 2 is 2.00 bits per heavy atom. The van der Waals surface area contributed by atoms with Gasteiger partial charge in [0.2, 0.25) is 0 Å². The SMILES string of the molecule is CC(C)(C)NC(N)=NCc1cccc(OCC(N)=O)c1.I. The molecule has 0 aliphatic carbocycles. The second-order valence-corrected chi connectivity index (χ2v) is 5.48. The molecule has 1 aromatic rings. The molecule has 0 saturated heterocycles. The molecular formula is C14H23IN4O2. The van der Waals surface area contributed by atoms with Gasteiger partial charge in [0.15, 0.2) is 12.6 Å². The highest BCUT2D eigenvalue weighted by Crippen LogP contribution is 2.14. The fourth-order valence-corrected chi connectivity index (χ4v) is 1.49. The number of amides is 1. The van der Waals surface area contributed by atoms with Crippen molar-refractivity contribution in [1.82, 2.24) is 5.32 Å². The molecule has 0 bridgehead atoms. The van der Waals surface area contributed by atoms with E-state index in [-0.39, 0.29) is 36.1 Å². The minimum Gasteiger partial charge on any atom is -0.484 e. The molecule has 0 radical (unpaired) electrons. The van der Waals surface area contributed by atoms with Gasteiger partial charge in [-0.25, -0.2) is 4.99 Å². The van der Waals surface area contributed by atoms with Crippen LogP contribution in [-0.4, -0.2) is 24.0 Å². The minimum atomic E-state index is -0.507. The number of carbonyl (C=O) groups is 1. The topological polar surface area (TPSA) is 103 Å². The van der Waals surface area contributed by atoms with E-state index in [0.29, 0.717) is 18.3 Å². The van der Waals surface area contributed by atoms with Gasteiger partial charge < -0.3 is 21.5 Å². The second kappa shape index (κ2) is 8.71. The van der Waals surface area contributed by atoms with Crippen molar-refractivity contribution >= 4 is 35.8 Å². The van der Waals surface area contributed by atoms with Gasteiger partial charge in [-0.1, -0.05) is 12.1 Å². The summed E-state index contributed by atoms with van der Waals surface area (Å²) in [7, 11) is 0. The van der Waals surface area contributed by atoms with E-state index in [9.17, 15) is 4.79 Å². The van der Waals surface area contributed by atoms with Gasteiger partial charge in [-0.05, 0) is 38.5 Å². The first kappa shape index (κ1) is 19.5. The number of hydrogen-bond acceptors (Lipinski definition) is 3. The highest BCUT2D eigenvalue weighted by Gasteiger charge is 2.09. The van der Waals surface area contributed by atoms with Crippen LogP contribution in [0.25, 0.3) is 0 Å². The van der Waals surface area contributed by atoms with Crippen LogP contribution < -0.4 is 21.5 Å². The maximum atomic E-state index is 10.7. The quantitative estimate of drug-likeness (QED) is 0.391. The van der Waals surface area contributed by atoms with Crippen LogP contribution in [0.5, 0.6) is 5.75 Å². The predicted octanol–water partition coefficient (Wildman–Crippen LogP) is 1.37. The summed E-state index contributed by atoms with van der Waals surface area (Å²) in [6.07, 6.45) is 0. The van der Waals surface area contributed by atoms with Gasteiger partial charge in [-0.15, -0.1) is 24.0 Å². The molecule has 0 aromatic heterocycles. The fraction of sp³-hybridized carbons (Fsp3) is 0.429. The van der Waals surface area contributed by atoms with E-state index in [1.165, 1.54) is 0 Å². The van der Waals surface area contributed by atoms with Gasteiger partial charge in [0.25, 0.3) is 5.91 Å². The van der Waals surface area contributed by atoms with Crippen molar-refractivity contribution in [2.24, 2.45) is 16.5 Å². The number of nitrogens with zero attached hydrogens (tertiary/aromatic N) is 1. The number of primary amides is 1. The van der Waals surface area contributed by atoms with Crippen molar-refractivity contribution in [3.05, 3.63) is 29.8 Å². The Hall–Kier alpha value is -1.51. The van der Waals surface area contributed by atoms with Crippen molar-refractivity contribution in [3.8, 4) is 5.75 Å². The first-order valence-electron chi connectivity index (χ1n) is 6.34. The zero-order valence-corrected chi connectivity index (χ0v) is 14.9. The number of nitrogens with one attached hydrogen (secondary N) is 1. The molecule has 6 nitrogen and oxygen atoms in total. The lowest BCUT2D eigenvalue weighted by atomic mass is 10.1. The average Bonchev–Trinajstić information content (AvgIpc) is 2.32. The predicted molar refractivity (Wildman–Crippen MR) is 94.8 cm³/mol. The molecule has 0 aliphatic heterocycles. The molecule has 0 fully saturated rings. The molecular weight excluding hydrogens is 383 g/mol. The number of aliphatic imine (C=N–C) groups is 1. The van der Waals surface area contributed by atoms with Crippen LogP contribution in [0.2, 0.25) is 0 Å². The lowest BCUT2D eigenvalue weighted by Gasteiger charge is -2.21. The van der Waals surface area contributed by atoms with Crippen LogP contribution in [0.1, 0.15) is 26.3 Å². The summed E-state index contributed by atoms with van der Waals surface area (Å²) in [5.41, 5.74) is 11.6. The van der Waals surface area contributed by atoms with Crippen LogP contribution in [0.3, 0.4) is 0 Å². The fourth-order valence-electron chi connectivity index (χ4n) is 1.49. The molecule has 118 valence electrons. The number of halogens is 1. The molecule has 1 amide bonds. The number of benzene rings is 1. The van der Waals surface area contributed by atoms with E-state index in [4.69, 9.17) is 16.2 Å². The smallest absolute Gasteiger partial charge is 0.255 e. The van der Waals surface area contributed by atoms with E-state index in [0.717, 1.165) is 5.56 Å². The lowest BCUT2D eigenvalue weighted by molar-refractivity contribution is -0.119. The number of ether oxygens (including phenoxy) is 1. The number of carbonyl (C=O) groups excluding carboxylic acids is 1. The number of guanidine groups is 1. The van der Waals surface area contributed by atoms with Gasteiger partial charge in [0.05, 0.1) is 6.54 Å². The van der Waals surface area contributed by atoms with Crippen LogP contribution in [0, 0.1) is 0 Å². The van der Waals surface area contributed by atoms with Gasteiger partial charge >= 0.3 is 0 Å². The van der Waals surface area contributed by atoms with Crippen molar-refractivity contribution in [1.29, 1.82) is 0 Å². The normalized spacial score (nSPS) is 11.5. The molecule has 0 atom stereocenters. The van der Waals surface area contributed by atoms with E-state index in [1.807, 2.05) is 32.9 Å². The molecule has 7 heteroatoms. The summed E-state index contributed by atoms with van der Waals surface area (Å²) in [6.45, 7) is 6.32. The maximum absolute atomic E-state index is 10.7.